The van der Waals surface area contributed by atoms with E-state index in [1.54, 1.807) is 11.3 Å². The number of halogens is 1. The third kappa shape index (κ3) is 4.58. The van der Waals surface area contributed by atoms with Crippen molar-refractivity contribution < 1.29 is 4.74 Å². The normalized spacial score (nSPS) is 10.8. The van der Waals surface area contributed by atoms with Crippen molar-refractivity contribution in [3.05, 3.63) is 44.3 Å². The number of benzene rings is 1. The van der Waals surface area contributed by atoms with Crippen LogP contribution in [0.4, 0.5) is 0 Å². The summed E-state index contributed by atoms with van der Waals surface area (Å²) in [6, 6.07) is 6.00. The van der Waals surface area contributed by atoms with E-state index in [9.17, 15) is 0 Å². The van der Waals surface area contributed by atoms with Crippen molar-refractivity contribution in [1.29, 1.82) is 0 Å². The van der Waals surface area contributed by atoms with Crippen molar-refractivity contribution in [3.8, 4) is 5.75 Å². The van der Waals surface area contributed by atoms with E-state index in [0.717, 1.165) is 40.4 Å². The van der Waals surface area contributed by atoms with E-state index in [1.807, 2.05) is 18.2 Å². The van der Waals surface area contributed by atoms with Gasteiger partial charge in [-0.25, -0.2) is 4.98 Å². The minimum Gasteiger partial charge on any atom is -0.487 e. The van der Waals surface area contributed by atoms with Gasteiger partial charge in [0.15, 0.2) is 0 Å². The number of nitrogens with zero attached hydrogens (tertiary/aromatic N) is 1. The molecule has 0 atom stereocenters. The first-order valence-electron chi connectivity index (χ1n) is 6.72. The quantitative estimate of drug-likeness (QED) is 0.753. The van der Waals surface area contributed by atoms with Crippen LogP contribution in [0.2, 0.25) is 0 Å². The Morgan fingerprint density at radius 3 is 3.00 bits per heavy atom. The van der Waals surface area contributed by atoms with Crippen LogP contribution >= 0.6 is 27.3 Å². The molecule has 20 heavy (non-hydrogen) atoms. The standard InChI is InChI=1S/C15H19BrN2OS/c1-3-6-17-8-15-18-12(10-20-15)9-19-13-4-5-14(16)11(2)7-13/h4-5,7,10,17H,3,6,8-9H2,1-2H3. The van der Waals surface area contributed by atoms with E-state index in [-0.39, 0.29) is 0 Å². The average Bonchev–Trinajstić information content (AvgIpc) is 2.88. The Hall–Kier alpha value is -0.910. The summed E-state index contributed by atoms with van der Waals surface area (Å²) in [4.78, 5) is 4.56. The summed E-state index contributed by atoms with van der Waals surface area (Å²) >= 11 is 5.17. The summed E-state index contributed by atoms with van der Waals surface area (Å²) in [6.07, 6.45) is 1.14. The molecular weight excluding hydrogens is 336 g/mol. The van der Waals surface area contributed by atoms with Gasteiger partial charge in [0.05, 0.1) is 5.69 Å². The first-order chi connectivity index (χ1) is 9.69. The molecule has 3 nitrogen and oxygen atoms in total. The molecule has 1 N–H and O–H groups in total. The summed E-state index contributed by atoms with van der Waals surface area (Å²) in [7, 11) is 0. The lowest BCUT2D eigenvalue weighted by molar-refractivity contribution is 0.301. The maximum atomic E-state index is 5.77. The van der Waals surface area contributed by atoms with Crippen LogP contribution in [0, 0.1) is 6.92 Å². The first-order valence-corrected chi connectivity index (χ1v) is 8.39. The zero-order chi connectivity index (χ0) is 14.4. The predicted octanol–water partition coefficient (Wildman–Crippen LogP) is 4.29. The van der Waals surface area contributed by atoms with Crippen LogP contribution in [0.25, 0.3) is 0 Å². The van der Waals surface area contributed by atoms with Crippen LogP contribution in [0.5, 0.6) is 5.75 Å². The number of rotatable bonds is 7. The molecule has 108 valence electrons. The molecule has 5 heteroatoms. The fourth-order valence-electron chi connectivity index (χ4n) is 1.73. The largest absolute Gasteiger partial charge is 0.487 e. The van der Waals surface area contributed by atoms with Gasteiger partial charge in [0.2, 0.25) is 0 Å². The van der Waals surface area contributed by atoms with Crippen molar-refractivity contribution in [1.82, 2.24) is 10.3 Å². The highest BCUT2D eigenvalue weighted by Crippen LogP contribution is 2.22. The molecule has 0 radical (unpaired) electrons. The highest BCUT2D eigenvalue weighted by Gasteiger charge is 2.04. The van der Waals surface area contributed by atoms with Gasteiger partial charge in [0.25, 0.3) is 0 Å². The number of ether oxygens (including phenoxy) is 1. The highest BCUT2D eigenvalue weighted by atomic mass is 79.9. The first kappa shape index (κ1) is 15.5. The smallest absolute Gasteiger partial charge is 0.131 e. The predicted molar refractivity (Wildman–Crippen MR) is 87.3 cm³/mol. The van der Waals surface area contributed by atoms with E-state index in [2.05, 4.69) is 45.5 Å². The monoisotopic (exact) mass is 354 g/mol. The second-order valence-corrected chi connectivity index (χ2v) is 6.41. The zero-order valence-electron chi connectivity index (χ0n) is 11.8. The molecule has 0 aliphatic carbocycles. The average molecular weight is 355 g/mol. The molecule has 0 spiro atoms. The summed E-state index contributed by atoms with van der Waals surface area (Å²) < 4.78 is 6.87. The van der Waals surface area contributed by atoms with E-state index in [0.29, 0.717) is 6.61 Å². The Morgan fingerprint density at radius 2 is 2.25 bits per heavy atom. The highest BCUT2D eigenvalue weighted by molar-refractivity contribution is 9.10. The number of nitrogens with one attached hydrogen (secondary N) is 1. The van der Waals surface area contributed by atoms with Gasteiger partial charge >= 0.3 is 0 Å². The molecule has 0 aliphatic heterocycles. The van der Waals surface area contributed by atoms with Gasteiger partial charge in [-0.05, 0) is 43.7 Å². The maximum Gasteiger partial charge on any atom is 0.131 e. The Labute approximate surface area is 132 Å². The summed E-state index contributed by atoms with van der Waals surface area (Å²) in [5.74, 6) is 0.879. The van der Waals surface area contributed by atoms with Crippen LogP contribution in [0.15, 0.2) is 28.1 Å². The van der Waals surface area contributed by atoms with Gasteiger partial charge < -0.3 is 10.1 Å². The molecular formula is C15H19BrN2OS. The molecule has 0 fully saturated rings. The third-order valence-corrected chi connectivity index (χ3v) is 4.61. The molecule has 0 saturated heterocycles. The van der Waals surface area contributed by atoms with Gasteiger partial charge in [-0.2, -0.15) is 0 Å². The molecule has 0 bridgehead atoms. The van der Waals surface area contributed by atoms with E-state index < -0.39 is 0 Å². The van der Waals surface area contributed by atoms with Crippen LogP contribution < -0.4 is 10.1 Å². The van der Waals surface area contributed by atoms with E-state index in [4.69, 9.17) is 4.74 Å². The van der Waals surface area contributed by atoms with E-state index in [1.165, 1.54) is 5.56 Å². The van der Waals surface area contributed by atoms with Crippen LogP contribution in [0.3, 0.4) is 0 Å². The summed E-state index contributed by atoms with van der Waals surface area (Å²) in [5, 5.41) is 6.53. The summed E-state index contributed by atoms with van der Waals surface area (Å²) in [6.45, 7) is 6.61. The number of aryl methyl sites for hydroxylation is 1. The molecule has 0 saturated carbocycles. The molecule has 0 amide bonds. The van der Waals surface area contributed by atoms with Crippen molar-refractivity contribution in [2.45, 2.75) is 33.4 Å². The minimum atomic E-state index is 0.519. The Bertz CT molecular complexity index is 557. The lowest BCUT2D eigenvalue weighted by Gasteiger charge is -2.06. The summed E-state index contributed by atoms with van der Waals surface area (Å²) in [5.41, 5.74) is 2.16. The van der Waals surface area contributed by atoms with Crippen molar-refractivity contribution >= 4 is 27.3 Å². The number of thiazole rings is 1. The zero-order valence-corrected chi connectivity index (χ0v) is 14.2. The van der Waals surface area contributed by atoms with Gasteiger partial charge in [-0.15, -0.1) is 11.3 Å². The second kappa shape index (κ2) is 7.76. The van der Waals surface area contributed by atoms with Gasteiger partial charge in [0.1, 0.15) is 17.4 Å². The van der Waals surface area contributed by atoms with E-state index >= 15 is 0 Å². The van der Waals surface area contributed by atoms with Crippen molar-refractivity contribution in [2.24, 2.45) is 0 Å². The SMILES string of the molecule is CCCNCc1nc(COc2ccc(Br)c(C)c2)cs1. The fraction of sp³-hybridized carbons (Fsp3) is 0.400. The number of hydrogen-bond acceptors (Lipinski definition) is 4. The molecule has 1 aromatic heterocycles. The second-order valence-electron chi connectivity index (χ2n) is 4.61. The van der Waals surface area contributed by atoms with Gasteiger partial charge in [-0.3, -0.25) is 0 Å². The molecule has 0 unspecified atom stereocenters. The molecule has 2 aromatic rings. The lowest BCUT2D eigenvalue weighted by Crippen LogP contribution is -2.13. The minimum absolute atomic E-state index is 0.519. The number of hydrogen-bond donors (Lipinski definition) is 1. The molecule has 1 heterocycles. The Balaban J connectivity index is 1.85. The van der Waals surface area contributed by atoms with Crippen LogP contribution in [0.1, 0.15) is 29.6 Å². The molecule has 1 aromatic carbocycles. The van der Waals surface area contributed by atoms with Crippen LogP contribution in [-0.2, 0) is 13.2 Å². The van der Waals surface area contributed by atoms with Crippen molar-refractivity contribution in [2.75, 3.05) is 6.54 Å². The van der Waals surface area contributed by atoms with Gasteiger partial charge in [0, 0.05) is 16.4 Å². The van der Waals surface area contributed by atoms with Crippen LogP contribution in [-0.4, -0.2) is 11.5 Å². The maximum absolute atomic E-state index is 5.77. The Kier molecular flexibility index (Phi) is 6.01. The fourth-order valence-corrected chi connectivity index (χ4v) is 2.73. The lowest BCUT2D eigenvalue weighted by atomic mass is 10.2. The third-order valence-electron chi connectivity index (χ3n) is 2.82. The molecule has 0 aliphatic rings. The Morgan fingerprint density at radius 1 is 1.40 bits per heavy atom. The topological polar surface area (TPSA) is 34.2 Å². The van der Waals surface area contributed by atoms with Gasteiger partial charge in [-0.1, -0.05) is 22.9 Å². The molecule has 2 rings (SSSR count). The number of aromatic nitrogens is 1. The van der Waals surface area contributed by atoms with Crippen molar-refractivity contribution in [3.63, 3.8) is 0 Å².